The van der Waals surface area contributed by atoms with Crippen LogP contribution in [0.25, 0.3) is 5.57 Å². The summed E-state index contributed by atoms with van der Waals surface area (Å²) in [4.78, 5) is 13.5. The minimum atomic E-state index is -4.60. The monoisotopic (exact) mass is 313 g/mol. The third-order valence-corrected chi connectivity index (χ3v) is 3.88. The molecule has 1 aromatic rings. The molecular weight excluding hydrogens is 295 g/mol. The number of alkyl halides is 3. The molecule has 1 aromatic carbocycles. The summed E-state index contributed by atoms with van der Waals surface area (Å²) >= 11 is 0. The van der Waals surface area contributed by atoms with E-state index in [9.17, 15) is 23.1 Å². The van der Waals surface area contributed by atoms with Crippen LogP contribution in [0.2, 0.25) is 0 Å². The molecule has 1 saturated heterocycles. The Labute approximate surface area is 127 Å². The average molecular weight is 313 g/mol. The molecule has 1 amide bonds. The Morgan fingerprint density at radius 2 is 2.00 bits per heavy atom. The Bertz CT molecular complexity index is 552. The number of amides is 1. The van der Waals surface area contributed by atoms with Gasteiger partial charge >= 0.3 is 6.18 Å². The fraction of sp³-hybridized carbons (Fsp3) is 0.438. The molecule has 0 saturated carbocycles. The molecule has 0 radical (unpaired) electrons. The molecule has 1 heterocycles. The van der Waals surface area contributed by atoms with E-state index in [1.54, 1.807) is 13.0 Å². The van der Waals surface area contributed by atoms with E-state index in [1.807, 2.05) is 0 Å². The van der Waals surface area contributed by atoms with Gasteiger partial charge < -0.3 is 10.0 Å². The predicted molar refractivity (Wildman–Crippen MR) is 76.8 cm³/mol. The van der Waals surface area contributed by atoms with Crippen LogP contribution in [-0.2, 0) is 4.79 Å². The lowest BCUT2D eigenvalue weighted by Gasteiger charge is -2.18. The smallest absolute Gasteiger partial charge is 0.393 e. The lowest BCUT2D eigenvalue weighted by Crippen LogP contribution is -2.29. The Kier molecular flexibility index (Phi) is 4.90. The summed E-state index contributed by atoms with van der Waals surface area (Å²) in [5.74, 6) is -0.747. The Morgan fingerprint density at radius 1 is 1.36 bits per heavy atom. The number of nitrogens with zero attached hydrogens (tertiary/aromatic N) is 1. The van der Waals surface area contributed by atoms with Gasteiger partial charge in [-0.05, 0) is 18.9 Å². The maximum atomic E-state index is 13.2. The number of halogens is 3. The Morgan fingerprint density at radius 3 is 2.50 bits per heavy atom. The molecule has 120 valence electrons. The van der Waals surface area contributed by atoms with Crippen LogP contribution in [0.4, 0.5) is 13.2 Å². The number of carbonyl (C=O) groups is 1. The van der Waals surface area contributed by atoms with Gasteiger partial charge in [0.15, 0.2) is 0 Å². The van der Waals surface area contributed by atoms with E-state index >= 15 is 0 Å². The fourth-order valence-electron chi connectivity index (χ4n) is 2.54. The van der Waals surface area contributed by atoms with Crippen LogP contribution < -0.4 is 0 Å². The number of likely N-dealkylation sites (tertiary alicyclic amines) is 1. The Balaban J connectivity index is 2.22. The van der Waals surface area contributed by atoms with Gasteiger partial charge in [0.05, 0.1) is 11.7 Å². The number of rotatable bonds is 3. The van der Waals surface area contributed by atoms with Gasteiger partial charge in [0.25, 0.3) is 0 Å². The first-order valence-electron chi connectivity index (χ1n) is 7.10. The lowest BCUT2D eigenvalue weighted by atomic mass is 10.0. The van der Waals surface area contributed by atoms with Crippen molar-refractivity contribution in [2.45, 2.75) is 25.6 Å². The molecule has 1 fully saturated rings. The molecular formula is C16H18F3NO2. The summed E-state index contributed by atoms with van der Waals surface area (Å²) in [6.45, 7) is 2.28. The van der Waals surface area contributed by atoms with Crippen molar-refractivity contribution in [2.75, 3.05) is 13.1 Å². The zero-order chi connectivity index (χ0) is 16.3. The molecule has 22 heavy (non-hydrogen) atoms. The van der Waals surface area contributed by atoms with E-state index in [4.69, 9.17) is 0 Å². The van der Waals surface area contributed by atoms with Crippen molar-refractivity contribution in [1.29, 1.82) is 0 Å². The first-order valence-corrected chi connectivity index (χ1v) is 7.10. The van der Waals surface area contributed by atoms with Gasteiger partial charge in [-0.2, -0.15) is 13.2 Å². The predicted octanol–water partition coefficient (Wildman–Crippen LogP) is 2.86. The van der Waals surface area contributed by atoms with Crippen LogP contribution in [-0.4, -0.2) is 41.3 Å². The number of allylic oxidation sites excluding steroid dienone is 1. The van der Waals surface area contributed by atoms with Crippen molar-refractivity contribution < 1.29 is 23.1 Å². The van der Waals surface area contributed by atoms with E-state index in [0.29, 0.717) is 19.0 Å². The number of aliphatic hydroxyl groups excluding tert-OH is 1. The van der Waals surface area contributed by atoms with Crippen LogP contribution in [0.1, 0.15) is 18.9 Å². The van der Waals surface area contributed by atoms with Crippen LogP contribution in [0.3, 0.4) is 0 Å². The van der Waals surface area contributed by atoms with Crippen LogP contribution in [0, 0.1) is 5.92 Å². The molecule has 0 aromatic heterocycles. The maximum absolute atomic E-state index is 13.2. The minimum Gasteiger partial charge on any atom is -0.393 e. The van der Waals surface area contributed by atoms with Gasteiger partial charge in [-0.25, -0.2) is 0 Å². The van der Waals surface area contributed by atoms with Gasteiger partial charge in [-0.15, -0.1) is 0 Å². The summed E-state index contributed by atoms with van der Waals surface area (Å²) in [5, 5.41) is 9.51. The van der Waals surface area contributed by atoms with Gasteiger partial charge in [-0.3, -0.25) is 4.79 Å². The zero-order valence-corrected chi connectivity index (χ0v) is 12.2. The van der Waals surface area contributed by atoms with Gasteiger partial charge in [-0.1, -0.05) is 30.3 Å². The molecule has 1 aliphatic rings. The highest BCUT2D eigenvalue weighted by Gasteiger charge is 2.36. The highest BCUT2D eigenvalue weighted by molar-refractivity contribution is 5.96. The van der Waals surface area contributed by atoms with Crippen molar-refractivity contribution in [3.05, 3.63) is 42.0 Å². The number of benzene rings is 1. The first kappa shape index (κ1) is 16.5. The second-order valence-electron chi connectivity index (χ2n) is 5.50. The number of hydrogen-bond donors (Lipinski definition) is 1. The highest BCUT2D eigenvalue weighted by Crippen LogP contribution is 2.34. The second kappa shape index (κ2) is 6.52. The minimum absolute atomic E-state index is 0.0328. The largest absolute Gasteiger partial charge is 0.417 e. The van der Waals surface area contributed by atoms with Crippen LogP contribution in [0.5, 0.6) is 0 Å². The quantitative estimate of drug-likeness (QED) is 0.872. The highest BCUT2D eigenvalue weighted by atomic mass is 19.4. The molecule has 0 spiro atoms. The second-order valence-corrected chi connectivity index (χ2v) is 5.50. The number of aliphatic hydroxyl groups is 1. The van der Waals surface area contributed by atoms with Gasteiger partial charge in [0, 0.05) is 25.1 Å². The topological polar surface area (TPSA) is 40.5 Å². The third kappa shape index (κ3) is 3.88. The van der Waals surface area contributed by atoms with Crippen molar-refractivity contribution in [2.24, 2.45) is 5.92 Å². The zero-order valence-electron chi connectivity index (χ0n) is 12.2. The normalized spacial score (nSPS) is 21.0. The molecule has 2 rings (SSSR count). The van der Waals surface area contributed by atoms with Crippen molar-refractivity contribution >= 4 is 11.5 Å². The van der Waals surface area contributed by atoms with Crippen LogP contribution >= 0.6 is 0 Å². The fourth-order valence-corrected chi connectivity index (χ4v) is 2.54. The number of hydrogen-bond acceptors (Lipinski definition) is 2. The molecule has 3 nitrogen and oxygen atoms in total. The molecule has 1 aliphatic heterocycles. The van der Waals surface area contributed by atoms with Crippen LogP contribution in [0.15, 0.2) is 36.4 Å². The molecule has 6 heteroatoms. The van der Waals surface area contributed by atoms with E-state index in [-0.39, 0.29) is 18.0 Å². The SMILES string of the molecule is CC(O)C1CCN(C(=O)/C=C(/c2ccccc2)C(F)(F)F)C1. The van der Waals surface area contributed by atoms with Crippen molar-refractivity contribution in [3.8, 4) is 0 Å². The van der Waals surface area contributed by atoms with Gasteiger partial charge in [0.1, 0.15) is 0 Å². The third-order valence-electron chi connectivity index (χ3n) is 3.88. The first-order chi connectivity index (χ1) is 10.3. The molecule has 2 unspecified atom stereocenters. The molecule has 0 bridgehead atoms. The average Bonchev–Trinajstić information content (AvgIpc) is 2.94. The van der Waals surface area contributed by atoms with Crippen molar-refractivity contribution in [1.82, 2.24) is 4.90 Å². The summed E-state index contributed by atoms with van der Waals surface area (Å²) in [5.41, 5.74) is -0.978. The van der Waals surface area contributed by atoms with Crippen molar-refractivity contribution in [3.63, 3.8) is 0 Å². The van der Waals surface area contributed by atoms with E-state index in [0.717, 1.165) is 0 Å². The summed E-state index contributed by atoms with van der Waals surface area (Å²) < 4.78 is 39.5. The number of carbonyl (C=O) groups excluding carboxylic acids is 1. The van der Waals surface area contributed by atoms with E-state index < -0.39 is 23.8 Å². The molecule has 1 N–H and O–H groups in total. The van der Waals surface area contributed by atoms with E-state index in [2.05, 4.69) is 0 Å². The maximum Gasteiger partial charge on any atom is 0.417 e. The summed E-state index contributed by atoms with van der Waals surface area (Å²) in [6.07, 6.45) is -3.91. The summed E-state index contributed by atoms with van der Waals surface area (Å²) in [6, 6.07) is 7.27. The van der Waals surface area contributed by atoms with E-state index in [1.165, 1.54) is 29.2 Å². The molecule has 2 atom stereocenters. The Hall–Kier alpha value is -1.82. The standard InChI is InChI=1S/C16H18F3NO2/c1-11(21)13-7-8-20(10-13)15(22)9-14(16(17,18)19)12-5-3-2-4-6-12/h2-6,9,11,13,21H,7-8,10H2,1H3/b14-9-. The lowest BCUT2D eigenvalue weighted by molar-refractivity contribution is -0.125. The summed E-state index contributed by atoms with van der Waals surface area (Å²) in [7, 11) is 0. The van der Waals surface area contributed by atoms with Gasteiger partial charge in [0.2, 0.25) is 5.91 Å². The molecule has 0 aliphatic carbocycles.